The van der Waals surface area contributed by atoms with Crippen molar-refractivity contribution >= 4 is 28.3 Å². The zero-order valence-electron chi connectivity index (χ0n) is 10.9. The van der Waals surface area contributed by atoms with Crippen LogP contribution >= 0.6 is 22.6 Å². The third kappa shape index (κ3) is 3.76. The first-order chi connectivity index (χ1) is 9.22. The zero-order chi connectivity index (χ0) is 13.7. The lowest BCUT2D eigenvalue weighted by Crippen LogP contribution is -2.01. The second kappa shape index (κ2) is 6.65. The van der Waals surface area contributed by atoms with Crippen LogP contribution in [0.3, 0.4) is 0 Å². The molecule has 0 unspecified atom stereocenters. The highest BCUT2D eigenvalue weighted by Crippen LogP contribution is 2.29. The van der Waals surface area contributed by atoms with Gasteiger partial charge in [0, 0.05) is 16.2 Å². The molecule has 0 amide bonds. The minimum atomic E-state index is 0.750. The highest BCUT2D eigenvalue weighted by atomic mass is 127. The van der Waals surface area contributed by atoms with Gasteiger partial charge < -0.3 is 14.8 Å². The molecule has 0 fully saturated rings. The van der Waals surface area contributed by atoms with E-state index in [1.54, 1.807) is 14.2 Å². The van der Waals surface area contributed by atoms with Crippen LogP contribution in [0.15, 0.2) is 42.5 Å². The monoisotopic (exact) mass is 369 g/mol. The molecule has 0 aliphatic rings. The van der Waals surface area contributed by atoms with E-state index >= 15 is 0 Å². The van der Waals surface area contributed by atoms with Gasteiger partial charge in [0.15, 0.2) is 0 Å². The summed E-state index contributed by atoms with van der Waals surface area (Å²) in [6.07, 6.45) is 0. The summed E-state index contributed by atoms with van der Waals surface area (Å²) < 4.78 is 11.8. The summed E-state index contributed by atoms with van der Waals surface area (Å²) in [5.74, 6) is 1.62. The molecule has 2 aromatic carbocycles. The number of hydrogen-bond acceptors (Lipinski definition) is 3. The summed E-state index contributed by atoms with van der Waals surface area (Å²) >= 11 is 2.30. The van der Waals surface area contributed by atoms with Crippen LogP contribution in [0.5, 0.6) is 11.5 Å². The van der Waals surface area contributed by atoms with Gasteiger partial charge in [-0.2, -0.15) is 0 Å². The van der Waals surface area contributed by atoms with E-state index in [4.69, 9.17) is 9.47 Å². The maximum absolute atomic E-state index is 5.33. The van der Waals surface area contributed by atoms with E-state index in [9.17, 15) is 0 Å². The Hall–Kier alpha value is -1.43. The Balaban J connectivity index is 2.11. The van der Waals surface area contributed by atoms with Gasteiger partial charge >= 0.3 is 0 Å². The molecule has 3 nitrogen and oxygen atoms in total. The van der Waals surface area contributed by atoms with Crippen molar-refractivity contribution in [1.29, 1.82) is 0 Å². The van der Waals surface area contributed by atoms with E-state index in [0.29, 0.717) is 0 Å². The standard InChI is InChI=1S/C15H16INO2/c1-18-13-7-8-15(19-2)14(9-13)17-10-11-3-5-12(16)6-4-11/h3-9,17H,10H2,1-2H3. The van der Waals surface area contributed by atoms with Gasteiger partial charge in [0.2, 0.25) is 0 Å². The van der Waals surface area contributed by atoms with Gasteiger partial charge in [0.05, 0.1) is 19.9 Å². The van der Waals surface area contributed by atoms with Crippen LogP contribution in [-0.4, -0.2) is 14.2 Å². The lowest BCUT2D eigenvalue weighted by molar-refractivity contribution is 0.404. The zero-order valence-corrected chi connectivity index (χ0v) is 13.1. The first-order valence-corrected chi connectivity index (χ1v) is 7.01. The highest BCUT2D eigenvalue weighted by Gasteiger charge is 2.04. The number of nitrogens with one attached hydrogen (secondary N) is 1. The van der Waals surface area contributed by atoms with Crippen LogP contribution in [0.1, 0.15) is 5.56 Å². The fourth-order valence-corrected chi connectivity index (χ4v) is 2.11. The van der Waals surface area contributed by atoms with Gasteiger partial charge in [0.25, 0.3) is 0 Å². The van der Waals surface area contributed by atoms with E-state index < -0.39 is 0 Å². The van der Waals surface area contributed by atoms with Gasteiger partial charge in [-0.15, -0.1) is 0 Å². The number of methoxy groups -OCH3 is 2. The third-order valence-electron chi connectivity index (χ3n) is 2.80. The van der Waals surface area contributed by atoms with Crippen LogP contribution in [0.4, 0.5) is 5.69 Å². The highest BCUT2D eigenvalue weighted by molar-refractivity contribution is 14.1. The quantitative estimate of drug-likeness (QED) is 0.811. The molecule has 4 heteroatoms. The molecular weight excluding hydrogens is 353 g/mol. The predicted molar refractivity (Wildman–Crippen MR) is 86.0 cm³/mol. The fourth-order valence-electron chi connectivity index (χ4n) is 1.75. The second-order valence-electron chi connectivity index (χ2n) is 4.05. The molecule has 0 radical (unpaired) electrons. The number of halogens is 1. The normalized spacial score (nSPS) is 10.1. The average molecular weight is 369 g/mol. The predicted octanol–water partition coefficient (Wildman–Crippen LogP) is 3.92. The molecule has 19 heavy (non-hydrogen) atoms. The maximum Gasteiger partial charge on any atom is 0.142 e. The number of benzene rings is 2. The first-order valence-electron chi connectivity index (χ1n) is 5.93. The van der Waals surface area contributed by atoms with Crippen molar-refractivity contribution in [3.05, 3.63) is 51.6 Å². The minimum Gasteiger partial charge on any atom is -0.497 e. The van der Waals surface area contributed by atoms with E-state index in [1.165, 1.54) is 9.13 Å². The summed E-state index contributed by atoms with van der Waals surface area (Å²) in [6, 6.07) is 14.1. The Kier molecular flexibility index (Phi) is 4.90. The van der Waals surface area contributed by atoms with Gasteiger partial charge in [-0.3, -0.25) is 0 Å². The van der Waals surface area contributed by atoms with E-state index in [1.807, 2.05) is 18.2 Å². The maximum atomic E-state index is 5.33. The largest absolute Gasteiger partial charge is 0.497 e. The molecule has 0 aromatic heterocycles. The van der Waals surface area contributed by atoms with E-state index in [0.717, 1.165) is 23.7 Å². The van der Waals surface area contributed by atoms with E-state index in [-0.39, 0.29) is 0 Å². The fraction of sp³-hybridized carbons (Fsp3) is 0.200. The summed E-state index contributed by atoms with van der Waals surface area (Å²) in [6.45, 7) is 0.750. The molecule has 0 bridgehead atoms. The molecule has 0 aliphatic heterocycles. The van der Waals surface area contributed by atoms with Crippen molar-refractivity contribution in [3.8, 4) is 11.5 Å². The SMILES string of the molecule is COc1ccc(OC)c(NCc2ccc(I)cc2)c1. The number of rotatable bonds is 5. The molecule has 0 aliphatic carbocycles. The number of hydrogen-bond donors (Lipinski definition) is 1. The lowest BCUT2D eigenvalue weighted by atomic mass is 10.2. The van der Waals surface area contributed by atoms with Crippen LogP contribution < -0.4 is 14.8 Å². The topological polar surface area (TPSA) is 30.5 Å². The molecule has 100 valence electrons. The second-order valence-corrected chi connectivity index (χ2v) is 5.29. The molecule has 0 spiro atoms. The van der Waals surface area contributed by atoms with Crippen LogP contribution in [0, 0.1) is 3.57 Å². The number of anilines is 1. The first kappa shape index (κ1) is 14.0. The van der Waals surface area contributed by atoms with Crippen LogP contribution in [-0.2, 0) is 6.54 Å². The average Bonchev–Trinajstić information content (AvgIpc) is 2.46. The Bertz CT molecular complexity index is 540. The van der Waals surface area contributed by atoms with Gasteiger partial charge in [0.1, 0.15) is 11.5 Å². The molecule has 0 saturated carbocycles. The molecule has 1 N–H and O–H groups in total. The van der Waals surface area contributed by atoms with Crippen LogP contribution in [0.2, 0.25) is 0 Å². The molecule has 2 aromatic rings. The lowest BCUT2D eigenvalue weighted by Gasteiger charge is -2.12. The summed E-state index contributed by atoms with van der Waals surface area (Å²) in [7, 11) is 3.32. The van der Waals surface area contributed by atoms with Crippen molar-refractivity contribution in [2.45, 2.75) is 6.54 Å². The van der Waals surface area contributed by atoms with Crippen molar-refractivity contribution < 1.29 is 9.47 Å². The van der Waals surface area contributed by atoms with Crippen molar-refractivity contribution in [3.63, 3.8) is 0 Å². The number of ether oxygens (including phenoxy) is 2. The van der Waals surface area contributed by atoms with Gasteiger partial charge in [-0.05, 0) is 52.4 Å². The van der Waals surface area contributed by atoms with Gasteiger partial charge in [-0.1, -0.05) is 12.1 Å². The Morgan fingerprint density at radius 3 is 2.37 bits per heavy atom. The molecule has 0 heterocycles. The third-order valence-corrected chi connectivity index (χ3v) is 3.52. The van der Waals surface area contributed by atoms with Crippen molar-refractivity contribution in [2.24, 2.45) is 0 Å². The van der Waals surface area contributed by atoms with Crippen molar-refractivity contribution in [2.75, 3.05) is 19.5 Å². The summed E-state index contributed by atoms with van der Waals surface area (Å²) in [4.78, 5) is 0. The Morgan fingerprint density at radius 1 is 1.00 bits per heavy atom. The molecule has 2 rings (SSSR count). The Morgan fingerprint density at radius 2 is 1.74 bits per heavy atom. The van der Waals surface area contributed by atoms with Crippen molar-refractivity contribution in [1.82, 2.24) is 0 Å². The van der Waals surface area contributed by atoms with Gasteiger partial charge in [-0.25, -0.2) is 0 Å². The summed E-state index contributed by atoms with van der Waals surface area (Å²) in [5, 5.41) is 3.37. The smallest absolute Gasteiger partial charge is 0.142 e. The minimum absolute atomic E-state index is 0.750. The molecule has 0 saturated heterocycles. The summed E-state index contributed by atoms with van der Waals surface area (Å²) in [5.41, 5.74) is 2.16. The Labute approximate surface area is 127 Å². The van der Waals surface area contributed by atoms with E-state index in [2.05, 4.69) is 52.2 Å². The molecular formula is C15H16INO2. The van der Waals surface area contributed by atoms with Crippen LogP contribution in [0.25, 0.3) is 0 Å². The molecule has 0 atom stereocenters.